The lowest BCUT2D eigenvalue weighted by molar-refractivity contribution is -0.144. The molecule has 1 atom stereocenters. The average Bonchev–Trinajstić information content (AvgIpc) is 3.46. The predicted octanol–water partition coefficient (Wildman–Crippen LogP) is 6.90. The van der Waals surface area contributed by atoms with E-state index < -0.39 is 12.1 Å². The maximum Gasteiger partial charge on any atom is 0.344 e. The molecular weight excluding hydrogens is 512 g/mol. The summed E-state index contributed by atoms with van der Waals surface area (Å²) in [7, 11) is 0. The number of aryl methyl sites for hydroxylation is 1. The molecule has 0 amide bonds. The molecule has 4 aromatic rings. The van der Waals surface area contributed by atoms with Gasteiger partial charge in [0, 0.05) is 18.0 Å². The van der Waals surface area contributed by atoms with Crippen molar-refractivity contribution in [2.24, 2.45) is 0 Å². The number of aliphatic carboxylic acids is 1. The van der Waals surface area contributed by atoms with Gasteiger partial charge >= 0.3 is 5.97 Å². The minimum absolute atomic E-state index is 0.0675. The molecule has 4 rings (SSSR count). The molecule has 6 heteroatoms. The number of aromatic nitrogens is 2. The van der Waals surface area contributed by atoms with Crippen LogP contribution in [0.4, 0.5) is 0 Å². The SMILES string of the molecule is Cc1cc(OC/C=C(\c2ccc(C#CCn3cccn3)cc2)c2ccc(C(C)(C)C)cc2)ccc1OC(C)C(=O)O. The van der Waals surface area contributed by atoms with Crippen LogP contribution < -0.4 is 9.47 Å². The molecule has 0 aliphatic rings. The number of hydrogen-bond acceptors (Lipinski definition) is 4. The molecule has 1 aromatic heterocycles. The molecule has 3 aromatic carbocycles. The average molecular weight is 549 g/mol. The van der Waals surface area contributed by atoms with Crippen LogP contribution in [0.25, 0.3) is 5.57 Å². The van der Waals surface area contributed by atoms with Gasteiger partial charge in [-0.1, -0.05) is 69.0 Å². The maximum atomic E-state index is 11.1. The highest BCUT2D eigenvalue weighted by molar-refractivity contribution is 5.80. The fraction of sp³-hybridized carbons (Fsp3) is 0.257. The highest BCUT2D eigenvalue weighted by Gasteiger charge is 2.15. The Bertz CT molecular complexity index is 1550. The lowest BCUT2D eigenvalue weighted by atomic mass is 9.85. The molecule has 1 N–H and O–H groups in total. The lowest BCUT2D eigenvalue weighted by Crippen LogP contribution is -2.23. The van der Waals surface area contributed by atoms with Crippen LogP contribution in [-0.2, 0) is 16.8 Å². The molecule has 6 nitrogen and oxygen atoms in total. The third-order valence-corrected chi connectivity index (χ3v) is 6.63. The summed E-state index contributed by atoms with van der Waals surface area (Å²) >= 11 is 0. The molecule has 0 bridgehead atoms. The largest absolute Gasteiger partial charge is 0.489 e. The van der Waals surface area contributed by atoms with Crippen molar-refractivity contribution in [2.75, 3.05) is 6.61 Å². The minimum atomic E-state index is -1.01. The second kappa shape index (κ2) is 13.1. The van der Waals surface area contributed by atoms with E-state index in [2.05, 4.69) is 80.2 Å². The van der Waals surface area contributed by atoms with Crippen LogP contribution in [-0.4, -0.2) is 33.6 Å². The molecule has 210 valence electrons. The normalized spacial score (nSPS) is 12.3. The second-order valence-electron chi connectivity index (χ2n) is 10.9. The van der Waals surface area contributed by atoms with E-state index in [4.69, 9.17) is 14.6 Å². The monoisotopic (exact) mass is 548 g/mol. The van der Waals surface area contributed by atoms with Gasteiger partial charge in [-0.25, -0.2) is 4.79 Å². The van der Waals surface area contributed by atoms with E-state index >= 15 is 0 Å². The first-order chi connectivity index (χ1) is 19.6. The second-order valence-corrected chi connectivity index (χ2v) is 10.9. The number of carboxylic acid groups (broad SMARTS) is 1. The Morgan fingerprint density at radius 1 is 1.05 bits per heavy atom. The zero-order chi connectivity index (χ0) is 29.4. The van der Waals surface area contributed by atoms with Crippen molar-refractivity contribution in [1.29, 1.82) is 0 Å². The number of benzene rings is 3. The number of carboxylic acids is 1. The van der Waals surface area contributed by atoms with Crippen LogP contribution in [0.1, 0.15) is 55.5 Å². The summed E-state index contributed by atoms with van der Waals surface area (Å²) in [6, 6.07) is 24.2. The fourth-order valence-electron chi connectivity index (χ4n) is 4.21. The van der Waals surface area contributed by atoms with Crippen LogP contribution in [0.2, 0.25) is 0 Å². The van der Waals surface area contributed by atoms with E-state index in [1.54, 1.807) is 23.0 Å². The summed E-state index contributed by atoms with van der Waals surface area (Å²) in [5.74, 6) is 6.56. The Morgan fingerprint density at radius 2 is 1.73 bits per heavy atom. The Morgan fingerprint density at radius 3 is 2.32 bits per heavy atom. The number of rotatable bonds is 9. The lowest BCUT2D eigenvalue weighted by Gasteiger charge is -2.19. The molecule has 0 spiro atoms. The Balaban J connectivity index is 1.54. The van der Waals surface area contributed by atoms with Crippen molar-refractivity contribution in [1.82, 2.24) is 9.78 Å². The van der Waals surface area contributed by atoms with Gasteiger partial charge in [0.2, 0.25) is 0 Å². The van der Waals surface area contributed by atoms with E-state index in [0.717, 1.165) is 27.8 Å². The van der Waals surface area contributed by atoms with Gasteiger partial charge in [0.25, 0.3) is 0 Å². The fourth-order valence-corrected chi connectivity index (χ4v) is 4.21. The summed E-state index contributed by atoms with van der Waals surface area (Å²) in [4.78, 5) is 11.1. The predicted molar refractivity (Wildman–Crippen MR) is 162 cm³/mol. The summed E-state index contributed by atoms with van der Waals surface area (Å²) in [5, 5.41) is 13.3. The van der Waals surface area contributed by atoms with Gasteiger partial charge in [-0.3, -0.25) is 4.68 Å². The van der Waals surface area contributed by atoms with Crippen LogP contribution in [0, 0.1) is 18.8 Å². The third kappa shape index (κ3) is 8.12. The van der Waals surface area contributed by atoms with Gasteiger partial charge in [0.05, 0.1) is 0 Å². The summed E-state index contributed by atoms with van der Waals surface area (Å²) in [5.41, 5.74) is 6.32. The minimum Gasteiger partial charge on any atom is -0.489 e. The first kappa shape index (κ1) is 29.2. The van der Waals surface area contributed by atoms with Crippen molar-refractivity contribution in [3.05, 3.63) is 119 Å². The van der Waals surface area contributed by atoms with Gasteiger partial charge in [0.15, 0.2) is 6.10 Å². The number of nitrogens with zero attached hydrogens (tertiary/aromatic N) is 2. The molecular formula is C35H36N2O4. The highest BCUT2D eigenvalue weighted by Crippen LogP contribution is 2.29. The zero-order valence-corrected chi connectivity index (χ0v) is 24.2. The molecule has 0 saturated heterocycles. The molecule has 0 saturated carbocycles. The van der Waals surface area contributed by atoms with Crippen molar-refractivity contribution >= 4 is 11.5 Å². The van der Waals surface area contributed by atoms with Crippen LogP contribution >= 0.6 is 0 Å². The number of carbonyl (C=O) groups is 1. The Hall–Kier alpha value is -4.76. The van der Waals surface area contributed by atoms with Crippen molar-refractivity contribution in [3.63, 3.8) is 0 Å². The molecule has 1 unspecified atom stereocenters. The third-order valence-electron chi connectivity index (χ3n) is 6.63. The van der Waals surface area contributed by atoms with Crippen LogP contribution in [0.15, 0.2) is 91.3 Å². The van der Waals surface area contributed by atoms with Gasteiger partial charge in [0.1, 0.15) is 24.7 Å². The quantitative estimate of drug-likeness (QED) is 0.230. The van der Waals surface area contributed by atoms with Gasteiger partial charge in [-0.15, -0.1) is 0 Å². The van der Waals surface area contributed by atoms with Crippen molar-refractivity contribution < 1.29 is 19.4 Å². The highest BCUT2D eigenvalue weighted by atomic mass is 16.5. The first-order valence-electron chi connectivity index (χ1n) is 13.6. The standard InChI is InChI=1S/C35H36N2O4/c1-25-24-31(17-18-33(25)41-26(2)34(38)39)40-23-19-32(29-13-15-30(16-14-29)35(3,4)5)28-11-9-27(10-12-28)8-6-21-37-22-7-20-36-37/h7,9-20,22,24,26H,21,23H2,1-5H3,(H,38,39)/b32-19+. The molecule has 0 radical (unpaired) electrons. The number of ether oxygens (including phenoxy) is 2. The van der Waals surface area contributed by atoms with Crippen LogP contribution in [0.5, 0.6) is 11.5 Å². The van der Waals surface area contributed by atoms with E-state index in [-0.39, 0.29) is 5.41 Å². The van der Waals surface area contributed by atoms with E-state index in [1.165, 1.54) is 12.5 Å². The summed E-state index contributed by atoms with van der Waals surface area (Å²) in [6.07, 6.45) is 4.79. The Labute approximate surface area is 242 Å². The van der Waals surface area contributed by atoms with Crippen LogP contribution in [0.3, 0.4) is 0 Å². The molecule has 0 aliphatic carbocycles. The topological polar surface area (TPSA) is 73.6 Å². The van der Waals surface area contributed by atoms with Crippen molar-refractivity contribution in [3.8, 4) is 23.3 Å². The zero-order valence-electron chi connectivity index (χ0n) is 24.2. The van der Waals surface area contributed by atoms with Gasteiger partial charge in [-0.2, -0.15) is 5.10 Å². The molecule has 0 aliphatic heterocycles. The van der Waals surface area contributed by atoms with E-state index in [9.17, 15) is 4.79 Å². The molecule has 1 heterocycles. The smallest absolute Gasteiger partial charge is 0.344 e. The van der Waals surface area contributed by atoms with Gasteiger partial charge in [-0.05, 0) is 89.6 Å². The van der Waals surface area contributed by atoms with E-state index in [1.807, 2.05) is 37.4 Å². The molecule has 0 fully saturated rings. The Kier molecular flexibility index (Phi) is 9.31. The first-order valence-corrected chi connectivity index (χ1v) is 13.6. The summed E-state index contributed by atoms with van der Waals surface area (Å²) < 4.78 is 13.4. The van der Waals surface area contributed by atoms with Crippen molar-refractivity contribution in [2.45, 2.75) is 52.7 Å². The summed E-state index contributed by atoms with van der Waals surface area (Å²) in [6.45, 7) is 10.9. The molecule has 41 heavy (non-hydrogen) atoms. The van der Waals surface area contributed by atoms with Gasteiger partial charge < -0.3 is 14.6 Å². The number of hydrogen-bond donors (Lipinski definition) is 1. The maximum absolute atomic E-state index is 11.1. The van der Waals surface area contributed by atoms with E-state index in [0.29, 0.717) is 24.7 Å².